The van der Waals surface area contributed by atoms with Crippen LogP contribution in [0.2, 0.25) is 5.02 Å². The standard InChI is InChI=1S/C10H10BrCl/c1-6-4-7(12)5-9-8(6)2-3-10(9)11/h4-5,10H,2-3H2,1H3. The van der Waals surface area contributed by atoms with Crippen molar-refractivity contribution in [2.75, 3.05) is 0 Å². The fourth-order valence-corrected chi connectivity index (χ4v) is 2.77. The van der Waals surface area contributed by atoms with Crippen LogP contribution in [-0.2, 0) is 6.42 Å². The van der Waals surface area contributed by atoms with Crippen molar-refractivity contribution in [1.82, 2.24) is 0 Å². The minimum absolute atomic E-state index is 0.518. The molecule has 0 aromatic heterocycles. The first-order chi connectivity index (χ1) is 5.68. The molecule has 2 rings (SSSR count). The van der Waals surface area contributed by atoms with Gasteiger partial charge < -0.3 is 0 Å². The summed E-state index contributed by atoms with van der Waals surface area (Å²) in [6.07, 6.45) is 2.39. The molecule has 0 fully saturated rings. The highest BCUT2D eigenvalue weighted by Gasteiger charge is 2.21. The van der Waals surface area contributed by atoms with Crippen molar-refractivity contribution in [2.24, 2.45) is 0 Å². The molecule has 0 heterocycles. The molecule has 1 aliphatic rings. The lowest BCUT2D eigenvalue weighted by molar-refractivity contribution is 0.901. The van der Waals surface area contributed by atoms with Crippen LogP contribution in [0.15, 0.2) is 12.1 Å². The molecule has 12 heavy (non-hydrogen) atoms. The highest BCUT2D eigenvalue weighted by Crippen LogP contribution is 2.40. The number of hydrogen-bond acceptors (Lipinski definition) is 0. The summed E-state index contributed by atoms with van der Waals surface area (Å²) in [7, 11) is 0. The topological polar surface area (TPSA) is 0 Å². The Morgan fingerprint density at radius 1 is 1.50 bits per heavy atom. The maximum Gasteiger partial charge on any atom is 0.0411 e. The van der Waals surface area contributed by atoms with Crippen LogP contribution in [0.25, 0.3) is 0 Å². The average molecular weight is 246 g/mol. The van der Waals surface area contributed by atoms with Gasteiger partial charge in [0.15, 0.2) is 0 Å². The van der Waals surface area contributed by atoms with Crippen molar-refractivity contribution < 1.29 is 0 Å². The molecule has 0 nitrogen and oxygen atoms in total. The van der Waals surface area contributed by atoms with E-state index in [0.717, 1.165) is 5.02 Å². The molecule has 0 saturated heterocycles. The molecular formula is C10H10BrCl. The van der Waals surface area contributed by atoms with E-state index in [1.807, 2.05) is 6.07 Å². The first-order valence-electron chi connectivity index (χ1n) is 4.11. The maximum atomic E-state index is 5.97. The first-order valence-corrected chi connectivity index (χ1v) is 5.41. The van der Waals surface area contributed by atoms with Crippen LogP contribution in [0.4, 0.5) is 0 Å². The fraction of sp³-hybridized carbons (Fsp3) is 0.400. The van der Waals surface area contributed by atoms with E-state index >= 15 is 0 Å². The molecule has 1 atom stereocenters. The maximum absolute atomic E-state index is 5.97. The minimum Gasteiger partial charge on any atom is -0.0843 e. The second kappa shape index (κ2) is 3.04. The molecule has 0 N–H and O–H groups in total. The van der Waals surface area contributed by atoms with Gasteiger partial charge in [0, 0.05) is 9.85 Å². The molecule has 1 aromatic rings. The molecule has 1 aliphatic carbocycles. The van der Waals surface area contributed by atoms with E-state index in [9.17, 15) is 0 Å². The van der Waals surface area contributed by atoms with Crippen LogP contribution in [0.1, 0.15) is 27.9 Å². The quantitative estimate of drug-likeness (QED) is 0.606. The Bertz CT molecular complexity index is 320. The Morgan fingerprint density at radius 3 is 3.00 bits per heavy atom. The van der Waals surface area contributed by atoms with E-state index in [2.05, 4.69) is 28.9 Å². The van der Waals surface area contributed by atoms with Crippen LogP contribution in [0, 0.1) is 6.92 Å². The SMILES string of the molecule is Cc1cc(Cl)cc2c1CCC2Br. The number of aryl methyl sites for hydroxylation is 1. The average Bonchev–Trinajstić information content (AvgIpc) is 2.33. The van der Waals surface area contributed by atoms with Crippen molar-refractivity contribution in [1.29, 1.82) is 0 Å². The largest absolute Gasteiger partial charge is 0.0843 e. The number of hydrogen-bond donors (Lipinski definition) is 0. The molecule has 64 valence electrons. The zero-order valence-corrected chi connectivity index (χ0v) is 9.24. The third-order valence-electron chi connectivity index (χ3n) is 2.46. The van der Waals surface area contributed by atoms with Gasteiger partial charge in [-0.3, -0.25) is 0 Å². The molecule has 0 bridgehead atoms. The molecule has 0 spiro atoms. The first kappa shape index (κ1) is 8.58. The van der Waals surface area contributed by atoms with Crippen LogP contribution in [0.5, 0.6) is 0 Å². The molecule has 0 radical (unpaired) electrons. The number of benzene rings is 1. The predicted octanol–water partition coefficient (Wildman–Crippen LogP) is 4.03. The zero-order chi connectivity index (χ0) is 8.72. The summed E-state index contributed by atoms with van der Waals surface area (Å²) in [5, 5.41) is 0.859. The highest BCUT2D eigenvalue weighted by molar-refractivity contribution is 9.09. The number of rotatable bonds is 0. The highest BCUT2D eigenvalue weighted by atomic mass is 79.9. The van der Waals surface area contributed by atoms with E-state index in [1.54, 1.807) is 0 Å². The summed E-state index contributed by atoms with van der Waals surface area (Å²) in [4.78, 5) is 0.518. The zero-order valence-electron chi connectivity index (χ0n) is 6.90. The van der Waals surface area contributed by atoms with Gasteiger partial charge in [0.2, 0.25) is 0 Å². The predicted molar refractivity (Wildman–Crippen MR) is 56.2 cm³/mol. The van der Waals surface area contributed by atoms with Gasteiger partial charge in [-0.2, -0.15) is 0 Å². The van der Waals surface area contributed by atoms with Gasteiger partial charge in [-0.1, -0.05) is 27.5 Å². The van der Waals surface area contributed by atoms with Gasteiger partial charge in [0.1, 0.15) is 0 Å². The summed E-state index contributed by atoms with van der Waals surface area (Å²) in [6.45, 7) is 2.13. The van der Waals surface area contributed by atoms with Crippen LogP contribution < -0.4 is 0 Å². The number of alkyl halides is 1. The van der Waals surface area contributed by atoms with Crippen molar-refractivity contribution in [2.45, 2.75) is 24.6 Å². The fourth-order valence-electron chi connectivity index (χ4n) is 1.85. The summed E-state index contributed by atoms with van der Waals surface area (Å²) >= 11 is 9.62. The van der Waals surface area contributed by atoms with Gasteiger partial charge in [-0.05, 0) is 48.6 Å². The van der Waals surface area contributed by atoms with Crippen LogP contribution >= 0.6 is 27.5 Å². The van der Waals surface area contributed by atoms with Crippen molar-refractivity contribution >= 4 is 27.5 Å². The number of halogens is 2. The Hall–Kier alpha value is -0.0100. The second-order valence-corrected chi connectivity index (χ2v) is 4.84. The molecular weight excluding hydrogens is 235 g/mol. The van der Waals surface area contributed by atoms with Crippen molar-refractivity contribution in [3.63, 3.8) is 0 Å². The summed E-state index contributed by atoms with van der Waals surface area (Å²) in [5.74, 6) is 0. The van der Waals surface area contributed by atoms with Crippen molar-refractivity contribution in [3.05, 3.63) is 33.8 Å². The monoisotopic (exact) mass is 244 g/mol. The van der Waals surface area contributed by atoms with Crippen LogP contribution in [0.3, 0.4) is 0 Å². The normalized spacial score (nSPS) is 21.1. The van der Waals surface area contributed by atoms with Gasteiger partial charge in [-0.15, -0.1) is 0 Å². The van der Waals surface area contributed by atoms with E-state index in [-0.39, 0.29) is 0 Å². The van der Waals surface area contributed by atoms with E-state index in [4.69, 9.17) is 11.6 Å². The Morgan fingerprint density at radius 2 is 2.25 bits per heavy atom. The Labute approximate surface area is 86.1 Å². The second-order valence-electron chi connectivity index (χ2n) is 3.30. The van der Waals surface area contributed by atoms with Crippen molar-refractivity contribution in [3.8, 4) is 0 Å². The van der Waals surface area contributed by atoms with E-state index in [0.29, 0.717) is 4.83 Å². The summed E-state index contributed by atoms with van der Waals surface area (Å²) in [5.41, 5.74) is 4.21. The minimum atomic E-state index is 0.518. The summed E-state index contributed by atoms with van der Waals surface area (Å²) in [6, 6.07) is 4.13. The smallest absolute Gasteiger partial charge is 0.0411 e. The molecule has 1 aromatic carbocycles. The van der Waals surface area contributed by atoms with E-state index in [1.165, 1.54) is 29.5 Å². The van der Waals surface area contributed by atoms with Gasteiger partial charge in [0.05, 0.1) is 0 Å². The molecule has 0 saturated carbocycles. The Kier molecular flexibility index (Phi) is 2.18. The number of fused-ring (bicyclic) bond motifs is 1. The third-order valence-corrected chi connectivity index (χ3v) is 3.63. The Balaban J connectivity index is 2.60. The van der Waals surface area contributed by atoms with Gasteiger partial charge >= 0.3 is 0 Å². The van der Waals surface area contributed by atoms with Gasteiger partial charge in [0.25, 0.3) is 0 Å². The lowest BCUT2D eigenvalue weighted by Crippen LogP contribution is -1.87. The lowest BCUT2D eigenvalue weighted by atomic mass is 10.1. The van der Waals surface area contributed by atoms with E-state index < -0.39 is 0 Å². The third kappa shape index (κ3) is 1.29. The molecule has 1 unspecified atom stereocenters. The lowest BCUT2D eigenvalue weighted by Gasteiger charge is -2.06. The molecule has 2 heteroatoms. The molecule has 0 aliphatic heterocycles. The molecule has 0 amide bonds. The van der Waals surface area contributed by atoms with Crippen LogP contribution in [-0.4, -0.2) is 0 Å². The van der Waals surface area contributed by atoms with Gasteiger partial charge in [-0.25, -0.2) is 0 Å². The summed E-state index contributed by atoms with van der Waals surface area (Å²) < 4.78 is 0.